The maximum absolute atomic E-state index is 5.49. The van der Waals surface area contributed by atoms with Crippen LogP contribution >= 0.6 is 0 Å². The van der Waals surface area contributed by atoms with Crippen LogP contribution in [0, 0.1) is 5.92 Å². The van der Waals surface area contributed by atoms with Crippen molar-refractivity contribution < 1.29 is 9.47 Å². The quantitative estimate of drug-likeness (QED) is 0.804. The third kappa shape index (κ3) is 4.09. The van der Waals surface area contributed by atoms with Gasteiger partial charge in [-0.3, -0.25) is 0 Å². The molecule has 100 valence electrons. The second-order valence-corrected chi connectivity index (χ2v) is 4.77. The summed E-state index contributed by atoms with van der Waals surface area (Å²) in [5, 5.41) is 3.52. The maximum atomic E-state index is 5.49. The normalized spacial score (nSPS) is 19.3. The van der Waals surface area contributed by atoms with E-state index >= 15 is 0 Å². The highest BCUT2D eigenvalue weighted by Gasteiger charge is 2.14. The molecule has 18 heavy (non-hydrogen) atoms. The van der Waals surface area contributed by atoms with Crippen LogP contribution in [0.5, 0.6) is 0 Å². The van der Waals surface area contributed by atoms with E-state index in [0.29, 0.717) is 12.5 Å². The van der Waals surface area contributed by atoms with Crippen LogP contribution in [0.1, 0.15) is 24.5 Å². The van der Waals surface area contributed by atoms with Gasteiger partial charge in [0.25, 0.3) is 0 Å². The first-order valence-corrected chi connectivity index (χ1v) is 6.83. The molecular formula is C15H23NO2. The largest absolute Gasteiger partial charge is 0.381 e. The maximum Gasteiger partial charge on any atom is 0.0719 e. The number of hydrogen-bond donors (Lipinski definition) is 1. The molecular weight excluding hydrogens is 226 g/mol. The Morgan fingerprint density at radius 3 is 2.89 bits per heavy atom. The minimum absolute atomic E-state index is 0.684. The lowest BCUT2D eigenvalue weighted by Crippen LogP contribution is -2.23. The highest BCUT2D eigenvalue weighted by Crippen LogP contribution is 2.13. The smallest absolute Gasteiger partial charge is 0.0719 e. The average molecular weight is 249 g/mol. The minimum Gasteiger partial charge on any atom is -0.381 e. The molecule has 1 aliphatic heterocycles. The van der Waals surface area contributed by atoms with Crippen molar-refractivity contribution in [1.82, 2.24) is 5.32 Å². The summed E-state index contributed by atoms with van der Waals surface area (Å²) in [5.74, 6) is 0.684. The van der Waals surface area contributed by atoms with E-state index in [2.05, 4.69) is 29.6 Å². The van der Waals surface area contributed by atoms with Gasteiger partial charge in [0.1, 0.15) is 0 Å². The van der Waals surface area contributed by atoms with Crippen molar-refractivity contribution >= 4 is 0 Å². The molecule has 0 saturated carbocycles. The van der Waals surface area contributed by atoms with Gasteiger partial charge < -0.3 is 14.8 Å². The fraction of sp³-hybridized carbons (Fsp3) is 0.600. The Balaban J connectivity index is 1.79. The van der Waals surface area contributed by atoms with Crippen molar-refractivity contribution in [3.63, 3.8) is 0 Å². The molecule has 1 unspecified atom stereocenters. The Morgan fingerprint density at radius 2 is 2.17 bits per heavy atom. The van der Waals surface area contributed by atoms with Crippen LogP contribution in [0.15, 0.2) is 24.3 Å². The highest BCUT2D eigenvalue weighted by atomic mass is 16.5. The van der Waals surface area contributed by atoms with Gasteiger partial charge in [-0.15, -0.1) is 0 Å². The second-order valence-electron chi connectivity index (χ2n) is 4.77. The summed E-state index contributed by atoms with van der Waals surface area (Å²) in [7, 11) is 0. The van der Waals surface area contributed by atoms with Gasteiger partial charge in [-0.25, -0.2) is 0 Å². The van der Waals surface area contributed by atoms with Crippen molar-refractivity contribution in [2.75, 3.05) is 26.4 Å². The third-order valence-electron chi connectivity index (χ3n) is 3.35. The van der Waals surface area contributed by atoms with E-state index < -0.39 is 0 Å². The third-order valence-corrected chi connectivity index (χ3v) is 3.35. The molecule has 1 saturated heterocycles. The number of rotatable bonds is 7. The summed E-state index contributed by atoms with van der Waals surface area (Å²) >= 11 is 0. The molecule has 1 N–H and O–H groups in total. The number of nitrogens with one attached hydrogen (secondary N) is 1. The second kappa shape index (κ2) is 7.52. The Labute approximate surface area is 109 Å². The lowest BCUT2D eigenvalue weighted by Gasteiger charge is -2.12. The number of hydrogen-bond acceptors (Lipinski definition) is 3. The summed E-state index contributed by atoms with van der Waals surface area (Å²) < 4.78 is 10.9. The first kappa shape index (κ1) is 13.5. The molecule has 3 heteroatoms. The zero-order valence-corrected chi connectivity index (χ0v) is 11.2. The predicted molar refractivity (Wildman–Crippen MR) is 72.4 cm³/mol. The van der Waals surface area contributed by atoms with E-state index in [1.165, 1.54) is 17.5 Å². The van der Waals surface area contributed by atoms with Crippen LogP contribution in [-0.4, -0.2) is 26.4 Å². The molecule has 3 nitrogen and oxygen atoms in total. The molecule has 1 aromatic carbocycles. The summed E-state index contributed by atoms with van der Waals surface area (Å²) in [4.78, 5) is 0. The van der Waals surface area contributed by atoms with Crippen molar-refractivity contribution in [2.24, 2.45) is 5.92 Å². The summed E-state index contributed by atoms with van der Waals surface area (Å²) in [5.41, 5.74) is 2.62. The SMILES string of the molecule is CCOCc1ccccc1CNCC1CCOC1. The zero-order chi connectivity index (χ0) is 12.6. The lowest BCUT2D eigenvalue weighted by atomic mass is 10.1. The fourth-order valence-electron chi connectivity index (χ4n) is 2.24. The topological polar surface area (TPSA) is 30.5 Å². The van der Waals surface area contributed by atoms with Gasteiger partial charge in [0, 0.05) is 26.3 Å². The Hall–Kier alpha value is -0.900. The van der Waals surface area contributed by atoms with E-state index in [9.17, 15) is 0 Å². The van der Waals surface area contributed by atoms with Crippen LogP contribution in [0.3, 0.4) is 0 Å². The highest BCUT2D eigenvalue weighted by molar-refractivity contribution is 5.26. The van der Waals surface area contributed by atoms with Crippen molar-refractivity contribution in [1.29, 1.82) is 0 Å². The van der Waals surface area contributed by atoms with E-state index in [1.807, 2.05) is 6.92 Å². The van der Waals surface area contributed by atoms with Crippen LogP contribution in [-0.2, 0) is 22.6 Å². The summed E-state index contributed by atoms with van der Waals surface area (Å²) in [6, 6.07) is 8.48. The average Bonchev–Trinajstić information content (AvgIpc) is 2.91. The van der Waals surface area contributed by atoms with Gasteiger partial charge in [-0.1, -0.05) is 24.3 Å². The van der Waals surface area contributed by atoms with Crippen molar-refractivity contribution in [3.8, 4) is 0 Å². The fourth-order valence-corrected chi connectivity index (χ4v) is 2.24. The molecule has 1 aromatic rings. The molecule has 0 aromatic heterocycles. The van der Waals surface area contributed by atoms with Crippen LogP contribution in [0.2, 0.25) is 0 Å². The standard InChI is InChI=1S/C15H23NO2/c1-2-17-12-15-6-4-3-5-14(15)10-16-9-13-7-8-18-11-13/h3-6,13,16H,2,7-12H2,1H3. The van der Waals surface area contributed by atoms with E-state index in [4.69, 9.17) is 9.47 Å². The summed E-state index contributed by atoms with van der Waals surface area (Å²) in [6.45, 7) is 7.30. The molecule has 0 amide bonds. The molecule has 1 fully saturated rings. The molecule has 0 radical (unpaired) electrons. The van der Waals surface area contributed by atoms with Crippen LogP contribution < -0.4 is 5.32 Å². The number of ether oxygens (including phenoxy) is 2. The molecule has 0 aliphatic carbocycles. The summed E-state index contributed by atoms with van der Waals surface area (Å²) in [6.07, 6.45) is 1.19. The van der Waals surface area contributed by atoms with Gasteiger partial charge in [-0.05, 0) is 30.4 Å². The lowest BCUT2D eigenvalue weighted by molar-refractivity contribution is 0.133. The van der Waals surface area contributed by atoms with Gasteiger partial charge >= 0.3 is 0 Å². The Morgan fingerprint density at radius 1 is 1.33 bits per heavy atom. The monoisotopic (exact) mass is 249 g/mol. The number of benzene rings is 1. The van der Waals surface area contributed by atoms with E-state index in [-0.39, 0.29) is 0 Å². The molecule has 1 heterocycles. The Kier molecular flexibility index (Phi) is 5.65. The molecule has 0 spiro atoms. The van der Waals surface area contributed by atoms with Crippen molar-refractivity contribution in [2.45, 2.75) is 26.5 Å². The molecule has 1 aliphatic rings. The first-order chi connectivity index (χ1) is 8.90. The van der Waals surface area contributed by atoms with Gasteiger partial charge in [-0.2, -0.15) is 0 Å². The van der Waals surface area contributed by atoms with Gasteiger partial charge in [0.2, 0.25) is 0 Å². The Bertz CT molecular complexity index is 348. The van der Waals surface area contributed by atoms with Crippen LogP contribution in [0.4, 0.5) is 0 Å². The molecule has 1 atom stereocenters. The molecule has 0 bridgehead atoms. The minimum atomic E-state index is 0.684. The zero-order valence-electron chi connectivity index (χ0n) is 11.2. The van der Waals surface area contributed by atoms with Crippen LogP contribution in [0.25, 0.3) is 0 Å². The van der Waals surface area contributed by atoms with E-state index in [1.54, 1.807) is 0 Å². The predicted octanol–water partition coefficient (Wildman–Crippen LogP) is 2.35. The van der Waals surface area contributed by atoms with Crippen molar-refractivity contribution in [3.05, 3.63) is 35.4 Å². The molecule has 2 rings (SSSR count). The van der Waals surface area contributed by atoms with E-state index in [0.717, 1.165) is 32.9 Å². The van der Waals surface area contributed by atoms with Gasteiger partial charge in [0.15, 0.2) is 0 Å². The van der Waals surface area contributed by atoms with Gasteiger partial charge in [0.05, 0.1) is 13.2 Å². The first-order valence-electron chi connectivity index (χ1n) is 6.83.